The van der Waals surface area contributed by atoms with Crippen molar-refractivity contribution in [2.24, 2.45) is 0 Å². The average Bonchev–Trinajstić information content (AvgIpc) is 2.48. The molecule has 0 unspecified atom stereocenters. The van der Waals surface area contributed by atoms with Crippen LogP contribution in [-0.2, 0) is 9.53 Å². The highest BCUT2D eigenvalue weighted by atomic mass is 19.1. The minimum atomic E-state index is -0.411. The van der Waals surface area contributed by atoms with Crippen LogP contribution in [0.1, 0.15) is 0 Å². The number of pyridine rings is 1. The zero-order valence-electron chi connectivity index (χ0n) is 11.1. The van der Waals surface area contributed by atoms with Crippen molar-refractivity contribution in [3.8, 4) is 11.4 Å². The van der Waals surface area contributed by atoms with E-state index in [9.17, 15) is 9.18 Å². The number of carbonyl (C=O) groups is 1. The molecule has 104 valence electrons. The summed E-state index contributed by atoms with van der Waals surface area (Å²) >= 11 is 0. The van der Waals surface area contributed by atoms with Gasteiger partial charge >= 0.3 is 5.97 Å². The largest absolute Gasteiger partial charge is 0.468 e. The fourth-order valence-corrected chi connectivity index (χ4v) is 1.53. The van der Waals surface area contributed by atoms with Crippen LogP contribution in [0.25, 0.3) is 11.4 Å². The molecule has 6 nitrogen and oxygen atoms in total. The first-order chi connectivity index (χ1) is 9.60. The van der Waals surface area contributed by atoms with Crippen molar-refractivity contribution in [3.05, 3.63) is 36.4 Å². The van der Waals surface area contributed by atoms with Crippen LogP contribution in [0.15, 0.2) is 30.6 Å². The monoisotopic (exact) mass is 276 g/mol. The average molecular weight is 276 g/mol. The SMILES string of the molecule is COC(=O)CN(C)c1nccc(-c2ccc(F)cn2)n1. The highest BCUT2D eigenvalue weighted by Gasteiger charge is 2.11. The van der Waals surface area contributed by atoms with Crippen LogP contribution in [0.4, 0.5) is 10.3 Å². The highest BCUT2D eigenvalue weighted by Crippen LogP contribution is 2.16. The van der Waals surface area contributed by atoms with Gasteiger partial charge in [0.25, 0.3) is 0 Å². The first-order valence-electron chi connectivity index (χ1n) is 5.83. The summed E-state index contributed by atoms with van der Waals surface area (Å²) in [7, 11) is 2.99. The Balaban J connectivity index is 2.23. The summed E-state index contributed by atoms with van der Waals surface area (Å²) in [6.07, 6.45) is 2.67. The number of anilines is 1. The van der Waals surface area contributed by atoms with Crippen LogP contribution in [0.2, 0.25) is 0 Å². The molecule has 0 fully saturated rings. The van der Waals surface area contributed by atoms with Crippen molar-refractivity contribution >= 4 is 11.9 Å². The molecule has 7 heteroatoms. The van der Waals surface area contributed by atoms with Crippen molar-refractivity contribution in [2.75, 3.05) is 25.6 Å². The summed E-state index contributed by atoms with van der Waals surface area (Å²) in [6.45, 7) is 0.0385. The number of nitrogens with zero attached hydrogens (tertiary/aromatic N) is 4. The number of carbonyl (C=O) groups excluding carboxylic acids is 1. The number of rotatable bonds is 4. The first kappa shape index (κ1) is 13.9. The van der Waals surface area contributed by atoms with Crippen LogP contribution >= 0.6 is 0 Å². The van der Waals surface area contributed by atoms with Gasteiger partial charge in [0.05, 0.1) is 24.7 Å². The van der Waals surface area contributed by atoms with Crippen molar-refractivity contribution in [3.63, 3.8) is 0 Å². The number of halogens is 1. The second-order valence-electron chi connectivity index (χ2n) is 4.04. The summed E-state index contributed by atoms with van der Waals surface area (Å²) in [5, 5.41) is 0. The van der Waals surface area contributed by atoms with Crippen LogP contribution in [0.5, 0.6) is 0 Å². The van der Waals surface area contributed by atoms with Crippen LogP contribution in [-0.4, -0.2) is 41.6 Å². The van der Waals surface area contributed by atoms with E-state index in [1.807, 2.05) is 0 Å². The molecule has 0 aliphatic rings. The second kappa shape index (κ2) is 6.05. The van der Waals surface area contributed by atoms with Gasteiger partial charge in [-0.25, -0.2) is 14.4 Å². The van der Waals surface area contributed by atoms with E-state index in [1.54, 1.807) is 24.2 Å². The van der Waals surface area contributed by atoms with Gasteiger partial charge in [0.1, 0.15) is 12.4 Å². The molecule has 20 heavy (non-hydrogen) atoms. The Hall–Kier alpha value is -2.57. The molecule has 0 aliphatic carbocycles. The Morgan fingerprint density at radius 2 is 2.10 bits per heavy atom. The maximum atomic E-state index is 12.8. The van der Waals surface area contributed by atoms with E-state index in [2.05, 4.69) is 19.7 Å². The third-order valence-electron chi connectivity index (χ3n) is 2.57. The third kappa shape index (κ3) is 3.25. The maximum absolute atomic E-state index is 12.8. The molecule has 2 rings (SSSR count). The van der Waals surface area contributed by atoms with Gasteiger partial charge in [-0.2, -0.15) is 0 Å². The summed E-state index contributed by atoms with van der Waals surface area (Å²) in [5.41, 5.74) is 1.08. The van der Waals surface area contributed by atoms with Crippen molar-refractivity contribution in [1.82, 2.24) is 15.0 Å². The van der Waals surface area contributed by atoms with Gasteiger partial charge in [-0.1, -0.05) is 0 Å². The molecule has 0 bridgehead atoms. The zero-order chi connectivity index (χ0) is 14.5. The van der Waals surface area contributed by atoms with Crippen LogP contribution in [0.3, 0.4) is 0 Å². The summed E-state index contributed by atoms with van der Waals surface area (Å²) < 4.78 is 17.4. The van der Waals surface area contributed by atoms with Gasteiger partial charge < -0.3 is 9.64 Å². The Labute approximate surface area is 115 Å². The molecular formula is C13H13FN4O2. The molecular weight excluding hydrogens is 263 g/mol. The quantitative estimate of drug-likeness (QED) is 0.784. The van der Waals surface area contributed by atoms with Crippen molar-refractivity contribution < 1.29 is 13.9 Å². The van der Waals surface area contributed by atoms with E-state index >= 15 is 0 Å². The lowest BCUT2D eigenvalue weighted by Gasteiger charge is -2.15. The van der Waals surface area contributed by atoms with Gasteiger partial charge in [-0.15, -0.1) is 0 Å². The number of aromatic nitrogens is 3. The van der Waals surface area contributed by atoms with Gasteiger partial charge in [0.2, 0.25) is 5.95 Å². The van der Waals surface area contributed by atoms with E-state index < -0.39 is 5.82 Å². The van der Waals surface area contributed by atoms with E-state index in [4.69, 9.17) is 0 Å². The summed E-state index contributed by atoms with van der Waals surface area (Å²) in [6, 6.07) is 4.50. The van der Waals surface area contributed by atoms with E-state index in [1.165, 1.54) is 19.2 Å². The van der Waals surface area contributed by atoms with Gasteiger partial charge in [0, 0.05) is 13.2 Å². The lowest BCUT2D eigenvalue weighted by Crippen LogP contribution is -2.28. The molecule has 0 saturated carbocycles. The molecule has 0 amide bonds. The number of esters is 1. The highest BCUT2D eigenvalue weighted by molar-refractivity contribution is 5.74. The van der Waals surface area contributed by atoms with E-state index in [-0.39, 0.29) is 12.5 Å². The number of ether oxygens (including phenoxy) is 1. The molecule has 0 saturated heterocycles. The third-order valence-corrected chi connectivity index (χ3v) is 2.57. The van der Waals surface area contributed by atoms with E-state index in [0.29, 0.717) is 17.3 Å². The molecule has 0 aliphatic heterocycles. The minimum Gasteiger partial charge on any atom is -0.468 e. The molecule has 0 N–H and O–H groups in total. The molecule has 0 atom stereocenters. The van der Waals surface area contributed by atoms with Gasteiger partial charge in [0.15, 0.2) is 0 Å². The van der Waals surface area contributed by atoms with E-state index in [0.717, 1.165) is 6.20 Å². The fourth-order valence-electron chi connectivity index (χ4n) is 1.53. The minimum absolute atomic E-state index is 0.0385. The lowest BCUT2D eigenvalue weighted by atomic mass is 10.2. The summed E-state index contributed by atoms with van der Waals surface area (Å²) in [4.78, 5) is 25.1. The zero-order valence-corrected chi connectivity index (χ0v) is 11.1. The summed E-state index contributed by atoms with van der Waals surface area (Å²) in [5.74, 6) is -0.439. The molecule has 0 radical (unpaired) electrons. The van der Waals surface area contributed by atoms with Crippen LogP contribution < -0.4 is 4.90 Å². The number of likely N-dealkylation sites (N-methyl/N-ethyl adjacent to an activating group) is 1. The normalized spacial score (nSPS) is 10.2. The molecule has 0 aromatic carbocycles. The molecule has 0 spiro atoms. The predicted molar refractivity (Wildman–Crippen MR) is 70.5 cm³/mol. The smallest absolute Gasteiger partial charge is 0.325 e. The first-order valence-corrected chi connectivity index (χ1v) is 5.83. The number of hydrogen-bond donors (Lipinski definition) is 0. The topological polar surface area (TPSA) is 68.2 Å². The van der Waals surface area contributed by atoms with Gasteiger partial charge in [-0.05, 0) is 18.2 Å². The van der Waals surface area contributed by atoms with Crippen molar-refractivity contribution in [1.29, 1.82) is 0 Å². The number of methoxy groups -OCH3 is 1. The Morgan fingerprint density at radius 3 is 2.75 bits per heavy atom. The van der Waals surface area contributed by atoms with Crippen molar-refractivity contribution in [2.45, 2.75) is 0 Å². The maximum Gasteiger partial charge on any atom is 0.325 e. The number of hydrogen-bond acceptors (Lipinski definition) is 6. The Kier molecular flexibility index (Phi) is 4.19. The Morgan fingerprint density at radius 1 is 1.30 bits per heavy atom. The second-order valence-corrected chi connectivity index (χ2v) is 4.04. The molecule has 2 aromatic heterocycles. The van der Waals surface area contributed by atoms with Crippen LogP contribution in [0, 0.1) is 5.82 Å². The fraction of sp³-hybridized carbons (Fsp3) is 0.231. The van der Waals surface area contributed by atoms with Gasteiger partial charge in [-0.3, -0.25) is 9.78 Å². The predicted octanol–water partition coefficient (Wildman–Crippen LogP) is 1.29. The lowest BCUT2D eigenvalue weighted by molar-refractivity contribution is -0.138. The standard InChI is InChI=1S/C13H13FN4O2/c1-18(8-12(19)20-2)13-15-6-5-11(17-13)10-4-3-9(14)7-16-10/h3-7H,8H2,1-2H3. The molecule has 2 heterocycles. The Bertz CT molecular complexity index is 604. The molecule has 2 aromatic rings.